The fourth-order valence-corrected chi connectivity index (χ4v) is 2.33. The molecule has 2 nitrogen and oxygen atoms in total. The van der Waals surface area contributed by atoms with Gasteiger partial charge in [0.05, 0.1) is 6.07 Å². The highest BCUT2D eigenvalue weighted by Gasteiger charge is 2.10. The second-order valence-electron chi connectivity index (χ2n) is 3.94. The van der Waals surface area contributed by atoms with Crippen LogP contribution < -0.4 is 5.32 Å². The van der Waals surface area contributed by atoms with Crippen molar-refractivity contribution < 1.29 is 0 Å². The number of thiophene rings is 1. The topological polar surface area (TPSA) is 35.8 Å². The molecule has 1 unspecified atom stereocenters. The van der Waals surface area contributed by atoms with Crippen LogP contribution in [0.25, 0.3) is 0 Å². The summed E-state index contributed by atoms with van der Waals surface area (Å²) >= 11 is 1.61. The first kappa shape index (κ1) is 11.8. The fraction of sp³-hybridized carbons (Fsp3) is 0.214. The Hall–Kier alpha value is -1.63. The van der Waals surface area contributed by atoms with Crippen LogP contribution in [0, 0.1) is 18.3 Å². The summed E-state index contributed by atoms with van der Waals surface area (Å²) in [6.07, 6.45) is 0. The third-order valence-corrected chi connectivity index (χ3v) is 3.52. The number of aryl methyl sites for hydroxylation is 1. The summed E-state index contributed by atoms with van der Waals surface area (Å²) in [5.41, 5.74) is 2.45. The van der Waals surface area contributed by atoms with Crippen LogP contribution in [-0.4, -0.2) is 0 Å². The van der Waals surface area contributed by atoms with Crippen molar-refractivity contribution in [2.24, 2.45) is 0 Å². The number of hydrogen-bond acceptors (Lipinski definition) is 3. The zero-order valence-corrected chi connectivity index (χ0v) is 10.5. The second-order valence-corrected chi connectivity index (χ2v) is 4.92. The molecule has 17 heavy (non-hydrogen) atoms. The van der Waals surface area contributed by atoms with Crippen molar-refractivity contribution in [1.29, 1.82) is 5.26 Å². The van der Waals surface area contributed by atoms with Gasteiger partial charge in [-0.05, 0) is 23.9 Å². The fourth-order valence-electron chi connectivity index (χ4n) is 1.59. The Balaban J connectivity index is 1.97. The molecule has 0 aliphatic heterocycles. The summed E-state index contributed by atoms with van der Waals surface area (Å²) in [6, 6.07) is 14.4. The molecule has 86 valence electrons. The van der Waals surface area contributed by atoms with Crippen molar-refractivity contribution in [2.45, 2.75) is 19.5 Å². The van der Waals surface area contributed by atoms with Gasteiger partial charge in [0.15, 0.2) is 0 Å². The number of nitrogens with one attached hydrogen (secondary N) is 1. The highest BCUT2D eigenvalue weighted by Crippen LogP contribution is 2.18. The lowest BCUT2D eigenvalue weighted by Crippen LogP contribution is -2.18. The standard InChI is InChI=1S/C14H14N2S/c1-11-4-6-12(7-5-11)10-16-13(9-15)14-3-2-8-17-14/h2-8,13,16H,10H2,1H3. The lowest BCUT2D eigenvalue weighted by molar-refractivity contribution is 0.638. The molecular weight excluding hydrogens is 228 g/mol. The van der Waals surface area contributed by atoms with Gasteiger partial charge >= 0.3 is 0 Å². The minimum Gasteiger partial charge on any atom is -0.293 e. The van der Waals surface area contributed by atoms with Crippen LogP contribution >= 0.6 is 11.3 Å². The van der Waals surface area contributed by atoms with Gasteiger partial charge < -0.3 is 0 Å². The molecule has 1 N–H and O–H groups in total. The van der Waals surface area contributed by atoms with Crippen molar-refractivity contribution in [3.05, 3.63) is 57.8 Å². The Morgan fingerprint density at radius 1 is 1.29 bits per heavy atom. The average Bonchev–Trinajstić information content (AvgIpc) is 2.86. The highest BCUT2D eigenvalue weighted by atomic mass is 32.1. The molecular formula is C14H14N2S. The highest BCUT2D eigenvalue weighted by molar-refractivity contribution is 7.10. The maximum absolute atomic E-state index is 9.11. The van der Waals surface area contributed by atoms with Crippen LogP contribution in [0.2, 0.25) is 0 Å². The first-order valence-corrected chi connectivity index (χ1v) is 6.39. The molecule has 1 atom stereocenters. The van der Waals surface area contributed by atoms with Crippen molar-refractivity contribution in [2.75, 3.05) is 0 Å². The van der Waals surface area contributed by atoms with Gasteiger partial charge in [-0.2, -0.15) is 5.26 Å². The summed E-state index contributed by atoms with van der Waals surface area (Å²) < 4.78 is 0. The van der Waals surface area contributed by atoms with Gasteiger partial charge in [0.2, 0.25) is 0 Å². The largest absolute Gasteiger partial charge is 0.293 e. The van der Waals surface area contributed by atoms with E-state index in [1.165, 1.54) is 11.1 Å². The van der Waals surface area contributed by atoms with Gasteiger partial charge in [-0.25, -0.2) is 0 Å². The van der Waals surface area contributed by atoms with E-state index in [4.69, 9.17) is 5.26 Å². The van der Waals surface area contributed by atoms with E-state index in [1.54, 1.807) is 11.3 Å². The summed E-state index contributed by atoms with van der Waals surface area (Å²) in [4.78, 5) is 1.07. The lowest BCUT2D eigenvalue weighted by atomic mass is 10.1. The van der Waals surface area contributed by atoms with Crippen LogP contribution in [0.5, 0.6) is 0 Å². The average molecular weight is 242 g/mol. The van der Waals surface area contributed by atoms with Crippen molar-refractivity contribution >= 4 is 11.3 Å². The molecule has 0 bridgehead atoms. The summed E-state index contributed by atoms with van der Waals surface area (Å²) in [5, 5.41) is 14.4. The second kappa shape index (κ2) is 5.62. The molecule has 2 aromatic rings. The van der Waals surface area contributed by atoms with E-state index >= 15 is 0 Å². The first-order valence-electron chi connectivity index (χ1n) is 5.51. The third kappa shape index (κ3) is 3.16. The van der Waals surface area contributed by atoms with Crippen LogP contribution in [0.3, 0.4) is 0 Å². The summed E-state index contributed by atoms with van der Waals surface area (Å²) in [5.74, 6) is 0. The zero-order valence-electron chi connectivity index (χ0n) is 9.68. The van der Waals surface area contributed by atoms with E-state index in [-0.39, 0.29) is 6.04 Å². The summed E-state index contributed by atoms with van der Waals surface area (Å²) in [6.45, 7) is 2.79. The van der Waals surface area contributed by atoms with Gasteiger partial charge in [-0.3, -0.25) is 5.32 Å². The molecule has 1 aromatic heterocycles. The van der Waals surface area contributed by atoms with Crippen molar-refractivity contribution in [3.8, 4) is 6.07 Å². The maximum atomic E-state index is 9.11. The zero-order chi connectivity index (χ0) is 12.1. The quantitative estimate of drug-likeness (QED) is 0.891. The van der Waals surface area contributed by atoms with Gasteiger partial charge in [0.1, 0.15) is 6.04 Å². The molecule has 3 heteroatoms. The molecule has 0 aliphatic rings. The van der Waals surface area contributed by atoms with Crippen LogP contribution in [-0.2, 0) is 6.54 Å². The Labute approximate surface area is 106 Å². The molecule has 0 aliphatic carbocycles. The smallest absolute Gasteiger partial charge is 0.130 e. The predicted molar refractivity (Wildman–Crippen MR) is 70.7 cm³/mol. The number of benzene rings is 1. The Kier molecular flexibility index (Phi) is 3.92. The molecule has 0 amide bonds. The van der Waals surface area contributed by atoms with Gasteiger partial charge in [-0.15, -0.1) is 11.3 Å². The number of nitrogens with zero attached hydrogens (tertiary/aromatic N) is 1. The minimum atomic E-state index is -0.212. The maximum Gasteiger partial charge on any atom is 0.130 e. The van der Waals surface area contributed by atoms with Gasteiger partial charge in [0.25, 0.3) is 0 Å². The van der Waals surface area contributed by atoms with E-state index < -0.39 is 0 Å². The Morgan fingerprint density at radius 2 is 2.06 bits per heavy atom. The van der Waals surface area contributed by atoms with E-state index in [9.17, 15) is 0 Å². The van der Waals surface area contributed by atoms with Crippen molar-refractivity contribution in [1.82, 2.24) is 5.32 Å². The van der Waals surface area contributed by atoms with Crippen LogP contribution in [0.15, 0.2) is 41.8 Å². The van der Waals surface area contributed by atoms with Crippen LogP contribution in [0.4, 0.5) is 0 Å². The summed E-state index contributed by atoms with van der Waals surface area (Å²) in [7, 11) is 0. The van der Waals surface area contributed by atoms with Crippen LogP contribution in [0.1, 0.15) is 22.0 Å². The SMILES string of the molecule is Cc1ccc(CNC(C#N)c2cccs2)cc1. The Morgan fingerprint density at radius 3 is 2.65 bits per heavy atom. The van der Waals surface area contributed by atoms with Crippen molar-refractivity contribution in [3.63, 3.8) is 0 Å². The molecule has 0 radical (unpaired) electrons. The molecule has 0 spiro atoms. The third-order valence-electron chi connectivity index (χ3n) is 2.59. The monoisotopic (exact) mass is 242 g/mol. The molecule has 1 aromatic carbocycles. The van der Waals surface area contributed by atoms with E-state index in [0.29, 0.717) is 0 Å². The Bertz CT molecular complexity index is 494. The molecule has 1 heterocycles. The first-order chi connectivity index (χ1) is 8.29. The minimum absolute atomic E-state index is 0.212. The number of nitriles is 1. The van der Waals surface area contributed by atoms with Gasteiger partial charge in [-0.1, -0.05) is 35.9 Å². The van der Waals surface area contributed by atoms with E-state index in [0.717, 1.165) is 11.4 Å². The molecule has 0 saturated carbocycles. The van der Waals surface area contributed by atoms with Gasteiger partial charge in [0, 0.05) is 11.4 Å². The molecule has 0 saturated heterocycles. The molecule has 0 fully saturated rings. The molecule has 2 rings (SSSR count). The van der Waals surface area contributed by atoms with E-state index in [1.807, 2.05) is 17.5 Å². The number of hydrogen-bond donors (Lipinski definition) is 1. The normalized spacial score (nSPS) is 12.0. The number of rotatable bonds is 4. The van der Waals surface area contributed by atoms with E-state index in [2.05, 4.69) is 42.6 Å². The predicted octanol–water partition coefficient (Wildman–Crippen LogP) is 3.41. The lowest BCUT2D eigenvalue weighted by Gasteiger charge is -2.09.